The van der Waals surface area contributed by atoms with Crippen LogP contribution in [0.15, 0.2) is 0 Å². The molecule has 2 saturated heterocycles. The number of hydrogen-bond acceptors (Lipinski definition) is 5. The highest BCUT2D eigenvalue weighted by atomic mass is 31.1. The number of methoxy groups -OCH3 is 1. The van der Waals surface area contributed by atoms with Crippen LogP contribution in [0.3, 0.4) is 0 Å². The van der Waals surface area contributed by atoms with Crippen LogP contribution < -0.4 is 0 Å². The lowest BCUT2D eigenvalue weighted by Gasteiger charge is -2.27. The van der Waals surface area contributed by atoms with Crippen LogP contribution in [-0.4, -0.2) is 58.6 Å². The molecule has 5 nitrogen and oxygen atoms in total. The van der Waals surface area contributed by atoms with E-state index in [-0.39, 0.29) is 18.8 Å². The van der Waals surface area contributed by atoms with Crippen LogP contribution in [0.1, 0.15) is 0 Å². The number of rotatable bonds is 4. The molecule has 0 spiro atoms. The van der Waals surface area contributed by atoms with Gasteiger partial charge in [0, 0.05) is 13.1 Å². The normalized spacial score (nSPS) is 44.7. The molecule has 2 fully saturated rings. The van der Waals surface area contributed by atoms with Gasteiger partial charge in [0.2, 0.25) is 0 Å². The molecule has 2 radical (unpaired) electrons. The number of hydrogen-bond donors (Lipinski definition) is 0. The van der Waals surface area contributed by atoms with E-state index in [2.05, 4.69) is 0 Å². The maximum Gasteiger partial charge on any atom is 0.504 e. The van der Waals surface area contributed by atoms with E-state index < -0.39 is 19.6 Å². The molecule has 0 aromatic rings. The van der Waals surface area contributed by atoms with Crippen molar-refractivity contribution < 1.29 is 23.3 Å². The van der Waals surface area contributed by atoms with Gasteiger partial charge < -0.3 is 14.2 Å². The van der Waals surface area contributed by atoms with Gasteiger partial charge in [-0.25, -0.2) is 0 Å². The standard InChI is InChI=1S/C8H13BO5P/c1-11-6-5-7(9)14-8(6,3-12-5)4-13-15(2)10/h5-7H,3-4H2,1-2H3/q+1. The lowest BCUT2D eigenvalue weighted by molar-refractivity contribution is -0.133. The van der Waals surface area contributed by atoms with E-state index in [1.807, 2.05) is 0 Å². The van der Waals surface area contributed by atoms with Crippen LogP contribution in [0.4, 0.5) is 0 Å². The van der Waals surface area contributed by atoms with Gasteiger partial charge in [-0.3, -0.25) is 0 Å². The Bertz CT molecular complexity index is 276. The zero-order chi connectivity index (χ0) is 11.1. The third-order valence-electron chi connectivity index (χ3n) is 2.78. The Morgan fingerprint density at radius 3 is 2.93 bits per heavy atom. The summed E-state index contributed by atoms with van der Waals surface area (Å²) in [4.78, 5) is 0. The summed E-state index contributed by atoms with van der Waals surface area (Å²) in [5.41, 5.74) is -0.695. The fourth-order valence-corrected chi connectivity index (χ4v) is 2.52. The third-order valence-corrected chi connectivity index (χ3v) is 3.27. The Morgan fingerprint density at radius 1 is 1.67 bits per heavy atom. The highest BCUT2D eigenvalue weighted by Gasteiger charge is 2.61. The van der Waals surface area contributed by atoms with E-state index in [1.165, 1.54) is 6.66 Å². The minimum atomic E-state index is -1.66. The Balaban J connectivity index is 2.08. The van der Waals surface area contributed by atoms with Crippen molar-refractivity contribution in [2.45, 2.75) is 23.8 Å². The summed E-state index contributed by atoms with van der Waals surface area (Å²) < 4.78 is 32.3. The van der Waals surface area contributed by atoms with Gasteiger partial charge in [0.1, 0.15) is 32.3 Å². The average Bonchev–Trinajstić information content (AvgIpc) is 2.66. The van der Waals surface area contributed by atoms with Crippen LogP contribution in [0.5, 0.6) is 0 Å². The lowest BCUT2D eigenvalue weighted by Crippen LogP contribution is -2.45. The maximum atomic E-state index is 10.9. The molecule has 5 atom stereocenters. The molecule has 2 heterocycles. The Labute approximate surface area is 90.7 Å². The van der Waals surface area contributed by atoms with Crippen LogP contribution in [0.25, 0.3) is 0 Å². The second-order valence-electron chi connectivity index (χ2n) is 3.79. The highest BCUT2D eigenvalue weighted by molar-refractivity contribution is 7.38. The maximum absolute atomic E-state index is 10.9. The van der Waals surface area contributed by atoms with Gasteiger partial charge in [0.15, 0.2) is 6.66 Å². The zero-order valence-corrected chi connectivity index (χ0v) is 9.61. The summed E-state index contributed by atoms with van der Waals surface area (Å²) >= 11 is 0. The molecule has 0 amide bonds. The summed E-state index contributed by atoms with van der Waals surface area (Å²) in [6.07, 6.45) is -0.504. The van der Waals surface area contributed by atoms with E-state index in [9.17, 15) is 4.57 Å². The van der Waals surface area contributed by atoms with Crippen LogP contribution in [-0.2, 0) is 23.3 Å². The molecule has 2 rings (SSSR count). The van der Waals surface area contributed by atoms with E-state index in [0.29, 0.717) is 6.61 Å². The summed E-state index contributed by atoms with van der Waals surface area (Å²) in [6, 6.07) is -0.498. The molecular formula is C8H13BO5P+. The molecule has 0 aromatic carbocycles. The molecule has 0 saturated carbocycles. The first-order valence-electron chi connectivity index (χ1n) is 4.70. The Kier molecular flexibility index (Phi) is 3.15. The number of fused-ring (bicyclic) bond motifs is 2. The third kappa shape index (κ3) is 1.85. The van der Waals surface area contributed by atoms with Crippen molar-refractivity contribution in [3.63, 3.8) is 0 Å². The van der Waals surface area contributed by atoms with E-state index >= 15 is 0 Å². The van der Waals surface area contributed by atoms with E-state index in [0.717, 1.165) is 0 Å². The van der Waals surface area contributed by atoms with Crippen molar-refractivity contribution in [2.24, 2.45) is 0 Å². The second kappa shape index (κ2) is 4.11. The topological polar surface area (TPSA) is 54.0 Å². The van der Waals surface area contributed by atoms with Crippen molar-refractivity contribution >= 4 is 15.9 Å². The van der Waals surface area contributed by atoms with Gasteiger partial charge in [0.05, 0.1) is 6.61 Å². The van der Waals surface area contributed by atoms with E-state index in [4.69, 9.17) is 26.6 Å². The van der Waals surface area contributed by atoms with Crippen molar-refractivity contribution in [2.75, 3.05) is 27.0 Å². The first-order chi connectivity index (χ1) is 7.09. The van der Waals surface area contributed by atoms with Crippen LogP contribution in [0.2, 0.25) is 0 Å². The van der Waals surface area contributed by atoms with Gasteiger partial charge >= 0.3 is 8.03 Å². The van der Waals surface area contributed by atoms with Gasteiger partial charge in [0.25, 0.3) is 0 Å². The molecular weight excluding hydrogens is 218 g/mol. The fourth-order valence-electron chi connectivity index (χ4n) is 2.12. The van der Waals surface area contributed by atoms with Gasteiger partial charge in [-0.05, 0) is 4.57 Å². The molecule has 2 bridgehead atoms. The first-order valence-corrected chi connectivity index (χ1v) is 6.33. The summed E-state index contributed by atoms with van der Waals surface area (Å²) in [5, 5.41) is 0. The molecule has 2 aliphatic rings. The smallest absolute Gasteiger partial charge is 0.375 e. The van der Waals surface area contributed by atoms with Gasteiger partial charge in [-0.1, -0.05) is 0 Å². The van der Waals surface area contributed by atoms with Crippen molar-refractivity contribution in [3.8, 4) is 0 Å². The van der Waals surface area contributed by atoms with Crippen LogP contribution >= 0.6 is 8.03 Å². The van der Waals surface area contributed by atoms with E-state index in [1.54, 1.807) is 7.11 Å². The quantitative estimate of drug-likeness (QED) is 0.505. The van der Waals surface area contributed by atoms with Crippen molar-refractivity contribution in [3.05, 3.63) is 0 Å². The monoisotopic (exact) mass is 231 g/mol. The van der Waals surface area contributed by atoms with Crippen LogP contribution in [0, 0.1) is 0 Å². The highest BCUT2D eigenvalue weighted by Crippen LogP contribution is 2.41. The molecule has 0 aromatic heterocycles. The molecule has 5 unspecified atom stereocenters. The van der Waals surface area contributed by atoms with Gasteiger partial charge in [-0.15, -0.1) is 4.52 Å². The average molecular weight is 231 g/mol. The predicted molar refractivity (Wildman–Crippen MR) is 53.4 cm³/mol. The number of ether oxygens (including phenoxy) is 3. The minimum Gasteiger partial charge on any atom is -0.375 e. The molecule has 0 N–H and O–H groups in total. The molecule has 15 heavy (non-hydrogen) atoms. The van der Waals surface area contributed by atoms with Gasteiger partial charge in [-0.2, -0.15) is 0 Å². The summed E-state index contributed by atoms with van der Waals surface area (Å²) in [5.74, 6) is 0. The summed E-state index contributed by atoms with van der Waals surface area (Å²) in [7, 11) is 5.64. The Morgan fingerprint density at radius 2 is 2.40 bits per heavy atom. The molecule has 82 valence electrons. The molecule has 7 heteroatoms. The van der Waals surface area contributed by atoms with Crippen molar-refractivity contribution in [1.29, 1.82) is 0 Å². The first kappa shape index (κ1) is 11.5. The molecule has 0 aliphatic carbocycles. The zero-order valence-electron chi connectivity index (χ0n) is 8.71. The minimum absolute atomic E-state index is 0.182. The molecule has 2 aliphatic heterocycles. The lowest BCUT2D eigenvalue weighted by atomic mass is 9.92. The largest absolute Gasteiger partial charge is 0.504 e. The van der Waals surface area contributed by atoms with Crippen molar-refractivity contribution in [1.82, 2.24) is 0 Å². The second-order valence-corrected chi connectivity index (χ2v) is 4.93. The fraction of sp³-hybridized carbons (Fsp3) is 1.00. The summed E-state index contributed by atoms with van der Waals surface area (Å²) in [6.45, 7) is 2.05. The Hall–Kier alpha value is 0.00494. The SMILES string of the molecule is [B]C1OC2(CO[P+](C)=O)COC1C2OC. The predicted octanol–water partition coefficient (Wildman–Crippen LogP) is 0.0526.